The van der Waals surface area contributed by atoms with Gasteiger partial charge in [-0.2, -0.15) is 5.10 Å². The highest BCUT2D eigenvalue weighted by Gasteiger charge is 2.13. The maximum absolute atomic E-state index is 12.1. The molecule has 0 fully saturated rings. The van der Waals surface area contributed by atoms with Crippen molar-refractivity contribution < 1.29 is 9.59 Å². The Morgan fingerprint density at radius 3 is 2.69 bits per heavy atom. The van der Waals surface area contributed by atoms with E-state index in [2.05, 4.69) is 20.7 Å². The summed E-state index contributed by atoms with van der Waals surface area (Å²) in [5.41, 5.74) is 3.09. The smallest absolute Gasteiger partial charge is 0.313 e. The van der Waals surface area contributed by atoms with Gasteiger partial charge in [0.2, 0.25) is 0 Å². The lowest BCUT2D eigenvalue weighted by Gasteiger charge is -2.08. The summed E-state index contributed by atoms with van der Waals surface area (Å²) in [6.07, 6.45) is 3.57. The number of nitrogens with one attached hydrogen (secondary N) is 2. The van der Waals surface area contributed by atoms with Gasteiger partial charge in [0, 0.05) is 23.8 Å². The van der Waals surface area contributed by atoms with Gasteiger partial charge in [-0.15, -0.1) is 0 Å². The molecule has 2 aromatic heterocycles. The number of rotatable bonds is 5. The van der Waals surface area contributed by atoms with E-state index in [-0.39, 0.29) is 6.54 Å². The van der Waals surface area contributed by atoms with Crippen LogP contribution in [0, 0.1) is 6.92 Å². The van der Waals surface area contributed by atoms with Crippen LogP contribution in [0.1, 0.15) is 17.0 Å². The fourth-order valence-electron chi connectivity index (χ4n) is 2.47. The third-order valence-electron chi connectivity index (χ3n) is 3.67. The molecular formula is C19H19N5O2. The van der Waals surface area contributed by atoms with Crippen LogP contribution in [0.4, 0.5) is 5.69 Å². The first-order valence-electron chi connectivity index (χ1n) is 8.18. The Balaban J connectivity index is 1.56. The summed E-state index contributed by atoms with van der Waals surface area (Å²) in [6, 6.07) is 14.7. The molecule has 0 unspecified atom stereocenters. The van der Waals surface area contributed by atoms with Crippen LogP contribution in [0.5, 0.6) is 0 Å². The van der Waals surface area contributed by atoms with Crippen molar-refractivity contribution in [2.75, 3.05) is 5.32 Å². The van der Waals surface area contributed by atoms with Crippen molar-refractivity contribution in [3.8, 4) is 0 Å². The normalized spacial score (nSPS) is 10.3. The lowest BCUT2D eigenvalue weighted by molar-refractivity contribution is -0.136. The molecule has 2 heterocycles. The van der Waals surface area contributed by atoms with E-state index in [4.69, 9.17) is 0 Å². The highest BCUT2D eigenvalue weighted by atomic mass is 16.2. The molecule has 26 heavy (non-hydrogen) atoms. The number of amides is 2. The fraction of sp³-hybridized carbons (Fsp3) is 0.158. The van der Waals surface area contributed by atoms with Gasteiger partial charge in [-0.05, 0) is 42.8 Å². The van der Waals surface area contributed by atoms with E-state index < -0.39 is 11.8 Å². The van der Waals surface area contributed by atoms with E-state index in [1.165, 1.54) is 0 Å². The van der Waals surface area contributed by atoms with E-state index in [1.807, 2.05) is 49.5 Å². The minimum absolute atomic E-state index is 0.202. The lowest BCUT2D eigenvalue weighted by atomic mass is 10.2. The topological polar surface area (TPSA) is 88.9 Å². The molecule has 3 rings (SSSR count). The second kappa shape index (κ2) is 8.06. The van der Waals surface area contributed by atoms with Gasteiger partial charge >= 0.3 is 11.8 Å². The Labute approximate surface area is 151 Å². The summed E-state index contributed by atoms with van der Waals surface area (Å²) >= 11 is 0. The predicted molar refractivity (Wildman–Crippen MR) is 97.2 cm³/mol. The fourth-order valence-corrected chi connectivity index (χ4v) is 2.47. The SMILES string of the molecule is Cc1cccc(CNC(=O)C(=O)Nc2cccc(Cn3cccn3)c2)n1. The van der Waals surface area contributed by atoms with Crippen molar-refractivity contribution in [1.29, 1.82) is 0 Å². The Hall–Kier alpha value is -3.48. The average Bonchev–Trinajstić information content (AvgIpc) is 3.13. The largest absolute Gasteiger partial charge is 0.342 e. The molecule has 2 N–H and O–H groups in total. The van der Waals surface area contributed by atoms with Crippen LogP contribution in [-0.2, 0) is 22.7 Å². The van der Waals surface area contributed by atoms with Crippen molar-refractivity contribution in [3.05, 3.63) is 77.9 Å². The molecule has 0 aliphatic heterocycles. The monoisotopic (exact) mass is 349 g/mol. The number of pyridine rings is 1. The van der Waals surface area contributed by atoms with Gasteiger partial charge < -0.3 is 10.6 Å². The summed E-state index contributed by atoms with van der Waals surface area (Å²) < 4.78 is 1.78. The Morgan fingerprint density at radius 2 is 1.92 bits per heavy atom. The number of benzene rings is 1. The molecule has 0 atom stereocenters. The van der Waals surface area contributed by atoms with Gasteiger partial charge in [0.25, 0.3) is 0 Å². The molecule has 7 nitrogen and oxygen atoms in total. The van der Waals surface area contributed by atoms with Gasteiger partial charge in [0.15, 0.2) is 0 Å². The molecule has 1 aromatic carbocycles. The molecule has 0 aliphatic carbocycles. The van der Waals surface area contributed by atoms with Gasteiger partial charge in [0.05, 0.1) is 18.8 Å². The van der Waals surface area contributed by atoms with Gasteiger partial charge in [0.1, 0.15) is 0 Å². The van der Waals surface area contributed by atoms with E-state index >= 15 is 0 Å². The summed E-state index contributed by atoms with van der Waals surface area (Å²) in [5.74, 6) is -1.42. The van der Waals surface area contributed by atoms with Gasteiger partial charge in [-0.3, -0.25) is 19.3 Å². The minimum Gasteiger partial charge on any atom is -0.342 e. The van der Waals surface area contributed by atoms with Crippen molar-refractivity contribution in [2.24, 2.45) is 0 Å². The minimum atomic E-state index is -0.714. The molecule has 0 spiro atoms. The molecule has 0 radical (unpaired) electrons. The average molecular weight is 349 g/mol. The number of nitrogens with zero attached hydrogens (tertiary/aromatic N) is 3. The number of aryl methyl sites for hydroxylation is 1. The van der Waals surface area contributed by atoms with Crippen LogP contribution in [0.2, 0.25) is 0 Å². The molecule has 0 bridgehead atoms. The Kier molecular flexibility index (Phi) is 5.38. The highest BCUT2D eigenvalue weighted by molar-refractivity contribution is 6.39. The molecular weight excluding hydrogens is 330 g/mol. The van der Waals surface area contributed by atoms with Crippen LogP contribution in [-0.4, -0.2) is 26.6 Å². The molecule has 7 heteroatoms. The van der Waals surface area contributed by atoms with Crippen molar-refractivity contribution >= 4 is 17.5 Å². The maximum atomic E-state index is 12.1. The zero-order chi connectivity index (χ0) is 18.4. The third kappa shape index (κ3) is 4.76. The van der Waals surface area contributed by atoms with Crippen LogP contribution in [0.3, 0.4) is 0 Å². The zero-order valence-corrected chi connectivity index (χ0v) is 14.3. The van der Waals surface area contributed by atoms with E-state index in [9.17, 15) is 9.59 Å². The quantitative estimate of drug-likeness (QED) is 0.689. The van der Waals surface area contributed by atoms with E-state index in [0.29, 0.717) is 17.9 Å². The molecule has 2 amide bonds. The number of hydrogen-bond donors (Lipinski definition) is 2. The Bertz CT molecular complexity index is 906. The number of anilines is 1. The summed E-state index contributed by atoms with van der Waals surface area (Å²) in [5, 5.41) is 9.33. The van der Waals surface area contributed by atoms with Crippen molar-refractivity contribution in [2.45, 2.75) is 20.0 Å². The zero-order valence-electron chi connectivity index (χ0n) is 14.3. The molecule has 0 saturated heterocycles. The standard InChI is InChI=1S/C19H19N5O2/c1-14-5-2-8-17(22-14)12-20-18(25)19(26)23-16-7-3-6-15(11-16)13-24-10-4-9-21-24/h2-11H,12-13H2,1H3,(H,20,25)(H,23,26). The van der Waals surface area contributed by atoms with Crippen molar-refractivity contribution in [1.82, 2.24) is 20.1 Å². The van der Waals surface area contributed by atoms with Crippen molar-refractivity contribution in [3.63, 3.8) is 0 Å². The first kappa shape index (κ1) is 17.3. The summed E-state index contributed by atoms with van der Waals surface area (Å²) in [7, 11) is 0. The van der Waals surface area contributed by atoms with Gasteiger partial charge in [-0.25, -0.2) is 0 Å². The van der Waals surface area contributed by atoms with Crippen LogP contribution >= 0.6 is 0 Å². The first-order chi connectivity index (χ1) is 12.6. The Morgan fingerprint density at radius 1 is 1.08 bits per heavy atom. The third-order valence-corrected chi connectivity index (χ3v) is 3.67. The molecule has 3 aromatic rings. The van der Waals surface area contributed by atoms with Crippen LogP contribution < -0.4 is 10.6 Å². The first-order valence-corrected chi connectivity index (χ1v) is 8.18. The number of carbonyl (C=O) groups excluding carboxylic acids is 2. The lowest BCUT2D eigenvalue weighted by Crippen LogP contribution is -2.35. The maximum Gasteiger partial charge on any atom is 0.313 e. The van der Waals surface area contributed by atoms with Crippen LogP contribution in [0.15, 0.2) is 60.9 Å². The number of carbonyl (C=O) groups is 2. The number of aromatic nitrogens is 3. The second-order valence-electron chi connectivity index (χ2n) is 5.81. The van der Waals surface area contributed by atoms with E-state index in [1.54, 1.807) is 23.0 Å². The van der Waals surface area contributed by atoms with E-state index in [0.717, 1.165) is 11.3 Å². The number of hydrogen-bond acceptors (Lipinski definition) is 4. The second-order valence-corrected chi connectivity index (χ2v) is 5.81. The summed E-state index contributed by atoms with van der Waals surface area (Å²) in [4.78, 5) is 28.3. The van der Waals surface area contributed by atoms with Gasteiger partial charge in [-0.1, -0.05) is 18.2 Å². The predicted octanol–water partition coefficient (Wildman–Crippen LogP) is 1.89. The highest BCUT2D eigenvalue weighted by Crippen LogP contribution is 2.11. The molecule has 0 aliphatic rings. The van der Waals surface area contributed by atoms with Crippen LogP contribution in [0.25, 0.3) is 0 Å². The summed E-state index contributed by atoms with van der Waals surface area (Å²) in [6.45, 7) is 2.66. The molecule has 0 saturated carbocycles. The molecule has 132 valence electrons.